The zero-order valence-corrected chi connectivity index (χ0v) is 17.6. The maximum absolute atomic E-state index is 6.56. The topological polar surface area (TPSA) is 52.8 Å². The molecule has 5 nitrogen and oxygen atoms in total. The standard InChI is InChI=1S/C25H19ClN4O/c1-30-15-21(17-10-12-27-13-11-17)25(29-30)19-7-9-24(22(26)14-19)31-16-20-8-6-18-4-2-3-5-23(18)28-20/h2-15H,16H2,1H3. The smallest absolute Gasteiger partial charge is 0.138 e. The van der Waals surface area contributed by atoms with Gasteiger partial charge in [-0.05, 0) is 48.0 Å². The predicted octanol–water partition coefficient (Wildman–Crippen LogP) is 5.93. The first kappa shape index (κ1) is 19.3. The molecule has 0 radical (unpaired) electrons. The molecule has 6 heteroatoms. The highest BCUT2D eigenvalue weighted by Crippen LogP contribution is 2.35. The number of halogens is 1. The minimum absolute atomic E-state index is 0.343. The van der Waals surface area contributed by atoms with Crippen LogP contribution in [0.25, 0.3) is 33.3 Å². The highest BCUT2D eigenvalue weighted by molar-refractivity contribution is 6.32. The molecule has 3 aromatic heterocycles. The summed E-state index contributed by atoms with van der Waals surface area (Å²) >= 11 is 6.56. The van der Waals surface area contributed by atoms with Gasteiger partial charge in [-0.1, -0.05) is 35.9 Å². The van der Waals surface area contributed by atoms with Gasteiger partial charge >= 0.3 is 0 Å². The zero-order chi connectivity index (χ0) is 21.2. The monoisotopic (exact) mass is 426 g/mol. The Bertz CT molecular complexity index is 1360. The summed E-state index contributed by atoms with van der Waals surface area (Å²) in [6, 6.07) is 21.7. The summed E-state index contributed by atoms with van der Waals surface area (Å²) in [6.45, 7) is 0.343. The third kappa shape index (κ3) is 4.00. The van der Waals surface area contributed by atoms with Crippen molar-refractivity contribution in [1.29, 1.82) is 0 Å². The Morgan fingerprint density at radius 3 is 2.61 bits per heavy atom. The van der Waals surface area contributed by atoms with Gasteiger partial charge in [-0.25, -0.2) is 4.98 Å². The Morgan fingerprint density at radius 1 is 0.935 bits per heavy atom. The van der Waals surface area contributed by atoms with Crippen molar-refractivity contribution in [3.63, 3.8) is 0 Å². The molecule has 0 N–H and O–H groups in total. The summed E-state index contributed by atoms with van der Waals surface area (Å²) in [5.74, 6) is 0.613. The summed E-state index contributed by atoms with van der Waals surface area (Å²) in [6.07, 6.45) is 5.54. The van der Waals surface area contributed by atoms with E-state index in [1.165, 1.54) is 0 Å². The van der Waals surface area contributed by atoms with Gasteiger partial charge in [-0.2, -0.15) is 5.10 Å². The molecule has 0 amide bonds. The van der Waals surface area contributed by atoms with E-state index in [0.29, 0.717) is 17.4 Å². The minimum atomic E-state index is 0.343. The second kappa shape index (κ2) is 8.20. The Hall–Kier alpha value is -3.70. The molecule has 152 valence electrons. The van der Waals surface area contributed by atoms with E-state index < -0.39 is 0 Å². The SMILES string of the molecule is Cn1cc(-c2ccncc2)c(-c2ccc(OCc3ccc4ccccc4n3)c(Cl)c2)n1. The molecule has 0 aliphatic heterocycles. The predicted molar refractivity (Wildman–Crippen MR) is 123 cm³/mol. The molecule has 5 aromatic rings. The van der Waals surface area contributed by atoms with Crippen LogP contribution in [0.2, 0.25) is 5.02 Å². The Balaban J connectivity index is 1.39. The molecule has 3 heterocycles. The number of fused-ring (bicyclic) bond motifs is 1. The van der Waals surface area contributed by atoms with Gasteiger partial charge in [0.05, 0.1) is 16.2 Å². The lowest BCUT2D eigenvalue weighted by Crippen LogP contribution is -1.99. The normalized spacial score (nSPS) is 11.0. The van der Waals surface area contributed by atoms with Gasteiger partial charge in [-0.15, -0.1) is 0 Å². The van der Waals surface area contributed by atoms with Crippen LogP contribution in [-0.2, 0) is 13.7 Å². The Kier molecular flexibility index (Phi) is 5.10. The zero-order valence-electron chi connectivity index (χ0n) is 16.9. The first-order chi connectivity index (χ1) is 15.2. The molecule has 0 saturated heterocycles. The second-order valence-corrected chi connectivity index (χ2v) is 7.64. The van der Waals surface area contributed by atoms with E-state index in [-0.39, 0.29) is 0 Å². The van der Waals surface area contributed by atoms with Crippen LogP contribution in [0.1, 0.15) is 5.69 Å². The van der Waals surface area contributed by atoms with Crippen LogP contribution in [-0.4, -0.2) is 19.7 Å². The van der Waals surface area contributed by atoms with Gasteiger partial charge in [-0.3, -0.25) is 9.67 Å². The van der Waals surface area contributed by atoms with Gasteiger partial charge in [0.25, 0.3) is 0 Å². The molecule has 0 unspecified atom stereocenters. The number of aromatic nitrogens is 4. The first-order valence-corrected chi connectivity index (χ1v) is 10.3. The number of aryl methyl sites for hydroxylation is 1. The summed E-state index contributed by atoms with van der Waals surface area (Å²) in [4.78, 5) is 8.75. The van der Waals surface area contributed by atoms with Crippen LogP contribution >= 0.6 is 11.6 Å². The Labute approximate surface area is 184 Å². The van der Waals surface area contributed by atoms with Crippen molar-refractivity contribution in [3.8, 4) is 28.1 Å². The van der Waals surface area contributed by atoms with Gasteiger partial charge < -0.3 is 4.74 Å². The third-order valence-electron chi connectivity index (χ3n) is 5.06. The van der Waals surface area contributed by atoms with Crippen molar-refractivity contribution in [2.24, 2.45) is 7.05 Å². The molecule has 0 fully saturated rings. The van der Waals surface area contributed by atoms with E-state index in [1.54, 1.807) is 17.1 Å². The molecule has 0 bridgehead atoms. The number of para-hydroxylation sites is 1. The molecule has 0 saturated carbocycles. The second-order valence-electron chi connectivity index (χ2n) is 7.23. The number of rotatable bonds is 5. The molecule has 5 rings (SSSR count). The summed E-state index contributed by atoms with van der Waals surface area (Å²) in [5.41, 5.74) is 5.66. The van der Waals surface area contributed by atoms with Crippen LogP contribution < -0.4 is 4.74 Å². The quantitative estimate of drug-likeness (QED) is 0.349. The van der Waals surface area contributed by atoms with E-state index >= 15 is 0 Å². The number of ether oxygens (including phenoxy) is 1. The van der Waals surface area contributed by atoms with Crippen molar-refractivity contribution in [2.45, 2.75) is 6.61 Å². The molecule has 0 aliphatic rings. The number of hydrogen-bond acceptors (Lipinski definition) is 4. The Morgan fingerprint density at radius 2 is 1.77 bits per heavy atom. The lowest BCUT2D eigenvalue weighted by Gasteiger charge is -2.10. The van der Waals surface area contributed by atoms with Gasteiger partial charge in [0.15, 0.2) is 0 Å². The van der Waals surface area contributed by atoms with Crippen LogP contribution in [0.15, 0.2) is 85.3 Å². The van der Waals surface area contributed by atoms with Gasteiger partial charge in [0, 0.05) is 42.2 Å². The van der Waals surface area contributed by atoms with Crippen molar-refractivity contribution in [1.82, 2.24) is 19.7 Å². The first-order valence-electron chi connectivity index (χ1n) is 9.89. The highest BCUT2D eigenvalue weighted by atomic mass is 35.5. The van der Waals surface area contributed by atoms with Gasteiger partial charge in [0.1, 0.15) is 18.1 Å². The fourth-order valence-electron chi connectivity index (χ4n) is 3.55. The lowest BCUT2D eigenvalue weighted by molar-refractivity contribution is 0.302. The van der Waals surface area contributed by atoms with Crippen molar-refractivity contribution < 1.29 is 4.74 Å². The van der Waals surface area contributed by atoms with E-state index in [2.05, 4.69) is 15.1 Å². The van der Waals surface area contributed by atoms with Crippen molar-refractivity contribution in [2.75, 3.05) is 0 Å². The van der Waals surface area contributed by atoms with Crippen LogP contribution in [0, 0.1) is 0 Å². The molecule has 2 aromatic carbocycles. The number of nitrogens with zero attached hydrogens (tertiary/aromatic N) is 4. The van der Waals surface area contributed by atoms with E-state index in [4.69, 9.17) is 16.3 Å². The number of hydrogen-bond donors (Lipinski definition) is 0. The van der Waals surface area contributed by atoms with Crippen molar-refractivity contribution >= 4 is 22.5 Å². The van der Waals surface area contributed by atoms with E-state index in [0.717, 1.165) is 39.0 Å². The molecule has 0 aliphatic carbocycles. The maximum atomic E-state index is 6.56. The fourth-order valence-corrected chi connectivity index (χ4v) is 3.79. The number of pyridine rings is 2. The molecular weight excluding hydrogens is 408 g/mol. The van der Waals surface area contributed by atoms with Crippen LogP contribution in [0.5, 0.6) is 5.75 Å². The average Bonchev–Trinajstić information content (AvgIpc) is 3.20. The molecule has 0 spiro atoms. The lowest BCUT2D eigenvalue weighted by atomic mass is 10.0. The molecular formula is C25H19ClN4O. The van der Waals surface area contributed by atoms with E-state index in [1.807, 2.05) is 80.0 Å². The summed E-state index contributed by atoms with van der Waals surface area (Å²) < 4.78 is 7.75. The van der Waals surface area contributed by atoms with Crippen LogP contribution in [0.3, 0.4) is 0 Å². The molecule has 0 atom stereocenters. The summed E-state index contributed by atoms with van der Waals surface area (Å²) in [5, 5.41) is 6.27. The van der Waals surface area contributed by atoms with Crippen LogP contribution in [0.4, 0.5) is 0 Å². The largest absolute Gasteiger partial charge is 0.486 e. The number of benzene rings is 2. The van der Waals surface area contributed by atoms with Gasteiger partial charge in [0.2, 0.25) is 0 Å². The molecule has 31 heavy (non-hydrogen) atoms. The van der Waals surface area contributed by atoms with Crippen molar-refractivity contribution in [3.05, 3.63) is 96.0 Å². The maximum Gasteiger partial charge on any atom is 0.138 e. The average molecular weight is 427 g/mol. The fraction of sp³-hybridized carbons (Fsp3) is 0.0800. The third-order valence-corrected chi connectivity index (χ3v) is 5.35. The van der Waals surface area contributed by atoms with E-state index in [9.17, 15) is 0 Å². The summed E-state index contributed by atoms with van der Waals surface area (Å²) in [7, 11) is 1.91. The minimum Gasteiger partial charge on any atom is -0.486 e. The highest BCUT2D eigenvalue weighted by Gasteiger charge is 2.14.